The predicted molar refractivity (Wildman–Crippen MR) is 102 cm³/mol. The van der Waals surface area contributed by atoms with Gasteiger partial charge in [0.05, 0.1) is 11.2 Å². The minimum atomic E-state index is -0.659. The van der Waals surface area contributed by atoms with Crippen LogP contribution >= 0.6 is 0 Å². The fourth-order valence-corrected chi connectivity index (χ4v) is 3.68. The van der Waals surface area contributed by atoms with Crippen molar-refractivity contribution in [1.82, 2.24) is 4.90 Å². The number of likely N-dealkylation sites (tertiary alicyclic amines) is 1. The van der Waals surface area contributed by atoms with Crippen molar-refractivity contribution in [2.75, 3.05) is 19.6 Å². The van der Waals surface area contributed by atoms with Crippen molar-refractivity contribution in [1.29, 1.82) is 0 Å². The third-order valence-corrected chi connectivity index (χ3v) is 5.30. The Bertz CT molecular complexity index is 770. The monoisotopic (exact) mass is 371 g/mol. The number of rotatable bonds is 7. The Morgan fingerprint density at radius 2 is 1.81 bits per heavy atom. The number of phenols is 1. The van der Waals surface area contributed by atoms with E-state index in [2.05, 4.69) is 4.90 Å². The van der Waals surface area contributed by atoms with Crippen LogP contribution in [0.15, 0.2) is 48.5 Å². The molecule has 2 aromatic carbocycles. The molecule has 0 radical (unpaired) electrons. The van der Waals surface area contributed by atoms with Crippen LogP contribution in [0.25, 0.3) is 0 Å². The van der Waals surface area contributed by atoms with Crippen molar-refractivity contribution in [3.63, 3.8) is 0 Å². The van der Waals surface area contributed by atoms with Crippen molar-refractivity contribution in [2.45, 2.75) is 37.7 Å². The van der Waals surface area contributed by atoms with Crippen LogP contribution in [0.3, 0.4) is 0 Å². The molecular weight excluding hydrogens is 345 g/mol. The predicted octanol–water partition coefficient (Wildman–Crippen LogP) is 3.56. The Hall–Kier alpha value is -2.24. The smallest absolute Gasteiger partial charge is 0.166 e. The molecule has 0 unspecified atom stereocenters. The first-order valence-corrected chi connectivity index (χ1v) is 9.46. The van der Waals surface area contributed by atoms with Gasteiger partial charge in [0.2, 0.25) is 0 Å². The zero-order valence-electron chi connectivity index (χ0n) is 15.4. The molecule has 0 atom stereocenters. The van der Waals surface area contributed by atoms with Crippen LogP contribution in [-0.4, -0.2) is 46.1 Å². The summed E-state index contributed by atoms with van der Waals surface area (Å²) in [5, 5.41) is 20.5. The number of Topliss-reactive ketones (excluding diaryl/α,β-unsaturated/α-hetero) is 1. The molecule has 1 fully saturated rings. The summed E-state index contributed by atoms with van der Waals surface area (Å²) in [4.78, 5) is 14.4. The molecule has 2 N–H and O–H groups in total. The fraction of sp³-hybridized carbons (Fsp3) is 0.409. The zero-order valence-corrected chi connectivity index (χ0v) is 15.4. The molecule has 0 saturated carbocycles. The van der Waals surface area contributed by atoms with E-state index in [1.165, 1.54) is 12.1 Å². The SMILES string of the molecule is O=C(CCCN1CCC(O)(Cc2ccccc2)CC1)c1ccc(F)cc1O. The van der Waals surface area contributed by atoms with Gasteiger partial charge in [0.25, 0.3) is 0 Å². The second-order valence-corrected chi connectivity index (χ2v) is 7.42. The van der Waals surface area contributed by atoms with Crippen molar-refractivity contribution >= 4 is 5.78 Å². The number of phenolic OH excluding ortho intramolecular Hbond substituents is 1. The Morgan fingerprint density at radius 1 is 1.11 bits per heavy atom. The van der Waals surface area contributed by atoms with Crippen molar-refractivity contribution in [3.8, 4) is 5.75 Å². The molecule has 5 heteroatoms. The quantitative estimate of drug-likeness (QED) is 0.731. The molecule has 0 aromatic heterocycles. The maximum absolute atomic E-state index is 13.0. The third-order valence-electron chi connectivity index (χ3n) is 5.30. The Balaban J connectivity index is 1.42. The highest BCUT2D eigenvalue weighted by Gasteiger charge is 2.32. The van der Waals surface area contributed by atoms with Gasteiger partial charge in [-0.05, 0) is 43.5 Å². The second-order valence-electron chi connectivity index (χ2n) is 7.42. The lowest BCUT2D eigenvalue weighted by molar-refractivity contribution is -0.0207. The number of ketones is 1. The molecule has 2 aromatic rings. The summed E-state index contributed by atoms with van der Waals surface area (Å²) in [6, 6.07) is 13.5. The molecule has 0 spiro atoms. The summed E-state index contributed by atoms with van der Waals surface area (Å²) in [6.45, 7) is 2.38. The maximum Gasteiger partial charge on any atom is 0.166 e. The number of carbonyl (C=O) groups excluding carboxylic acids is 1. The molecule has 0 bridgehead atoms. The first-order valence-electron chi connectivity index (χ1n) is 9.46. The third kappa shape index (κ3) is 5.37. The van der Waals surface area contributed by atoms with E-state index in [4.69, 9.17) is 0 Å². The number of carbonyl (C=O) groups is 1. The van der Waals surface area contributed by atoms with Crippen LogP contribution in [0.2, 0.25) is 0 Å². The van der Waals surface area contributed by atoms with Crippen LogP contribution in [-0.2, 0) is 6.42 Å². The molecule has 1 aliphatic rings. The van der Waals surface area contributed by atoms with E-state index in [1.54, 1.807) is 0 Å². The van der Waals surface area contributed by atoms with Crippen molar-refractivity contribution in [3.05, 3.63) is 65.5 Å². The lowest BCUT2D eigenvalue weighted by atomic mass is 9.85. The lowest BCUT2D eigenvalue weighted by Gasteiger charge is -2.38. The number of aliphatic hydroxyl groups is 1. The molecule has 1 saturated heterocycles. The number of benzene rings is 2. The second kappa shape index (κ2) is 8.63. The highest BCUT2D eigenvalue weighted by molar-refractivity contribution is 5.98. The number of hydrogen-bond acceptors (Lipinski definition) is 4. The molecular formula is C22H26FNO3. The van der Waals surface area contributed by atoms with Gasteiger partial charge in [-0.1, -0.05) is 30.3 Å². The van der Waals surface area contributed by atoms with Crippen molar-refractivity contribution in [2.24, 2.45) is 0 Å². The highest BCUT2D eigenvalue weighted by atomic mass is 19.1. The highest BCUT2D eigenvalue weighted by Crippen LogP contribution is 2.27. The number of aromatic hydroxyl groups is 1. The molecule has 1 aliphatic heterocycles. The minimum Gasteiger partial charge on any atom is -0.507 e. The molecule has 144 valence electrons. The topological polar surface area (TPSA) is 60.8 Å². The van der Waals surface area contributed by atoms with Gasteiger partial charge in [-0.2, -0.15) is 0 Å². The van der Waals surface area contributed by atoms with E-state index < -0.39 is 11.4 Å². The average molecular weight is 371 g/mol. The molecule has 3 rings (SSSR count). The Kier molecular flexibility index (Phi) is 6.24. The van der Waals surface area contributed by atoms with E-state index in [1.807, 2.05) is 30.3 Å². The summed E-state index contributed by atoms with van der Waals surface area (Å²) in [5.41, 5.74) is 0.665. The van der Waals surface area contributed by atoms with Gasteiger partial charge in [-0.3, -0.25) is 4.79 Å². The summed E-state index contributed by atoms with van der Waals surface area (Å²) in [6.07, 6.45) is 3.09. The number of halogens is 1. The van der Waals surface area contributed by atoms with E-state index in [-0.39, 0.29) is 17.1 Å². The Labute approximate surface area is 159 Å². The molecule has 0 aliphatic carbocycles. The van der Waals surface area contributed by atoms with E-state index in [0.29, 0.717) is 32.1 Å². The van der Waals surface area contributed by atoms with Crippen molar-refractivity contribution < 1.29 is 19.4 Å². The summed E-state index contributed by atoms with van der Waals surface area (Å²) >= 11 is 0. The van der Waals surface area contributed by atoms with Crippen LogP contribution in [0.1, 0.15) is 41.6 Å². The van der Waals surface area contributed by atoms with Crippen LogP contribution < -0.4 is 0 Å². The first kappa shape index (κ1) is 19.5. The number of piperidine rings is 1. The molecule has 4 nitrogen and oxygen atoms in total. The minimum absolute atomic E-state index is 0.173. The molecule has 0 amide bonds. The first-order chi connectivity index (χ1) is 13.0. The fourth-order valence-electron chi connectivity index (χ4n) is 3.68. The maximum atomic E-state index is 13.0. The normalized spacial score (nSPS) is 17.0. The van der Waals surface area contributed by atoms with E-state index in [0.717, 1.165) is 31.3 Å². The van der Waals surface area contributed by atoms with Gasteiger partial charge < -0.3 is 15.1 Å². The van der Waals surface area contributed by atoms with Crippen LogP contribution in [0.4, 0.5) is 4.39 Å². The summed E-state index contributed by atoms with van der Waals surface area (Å²) in [7, 11) is 0. The van der Waals surface area contributed by atoms with Gasteiger partial charge in [0, 0.05) is 32.0 Å². The van der Waals surface area contributed by atoms with Gasteiger partial charge in [-0.25, -0.2) is 4.39 Å². The lowest BCUT2D eigenvalue weighted by Crippen LogP contribution is -2.45. The zero-order chi connectivity index (χ0) is 19.3. The van der Waals surface area contributed by atoms with Gasteiger partial charge >= 0.3 is 0 Å². The average Bonchev–Trinajstić information content (AvgIpc) is 2.64. The van der Waals surface area contributed by atoms with E-state index in [9.17, 15) is 19.4 Å². The number of hydrogen-bond donors (Lipinski definition) is 2. The standard InChI is InChI=1S/C22H26FNO3/c23-18-8-9-19(21(26)15-18)20(25)7-4-12-24-13-10-22(27,11-14-24)16-17-5-2-1-3-6-17/h1-3,5-6,8-9,15,26-27H,4,7,10-14,16H2. The largest absolute Gasteiger partial charge is 0.507 e. The van der Waals surface area contributed by atoms with Gasteiger partial charge in [-0.15, -0.1) is 0 Å². The van der Waals surface area contributed by atoms with E-state index >= 15 is 0 Å². The molecule has 27 heavy (non-hydrogen) atoms. The van der Waals surface area contributed by atoms with Gasteiger partial charge in [0.15, 0.2) is 5.78 Å². The summed E-state index contributed by atoms with van der Waals surface area (Å²) < 4.78 is 13.0. The van der Waals surface area contributed by atoms with Gasteiger partial charge in [0.1, 0.15) is 11.6 Å². The van der Waals surface area contributed by atoms with Crippen LogP contribution in [0, 0.1) is 5.82 Å². The summed E-state index contributed by atoms with van der Waals surface area (Å²) in [5.74, 6) is -1.03. The number of nitrogens with zero attached hydrogens (tertiary/aromatic N) is 1. The Morgan fingerprint density at radius 3 is 2.48 bits per heavy atom. The molecule has 1 heterocycles. The van der Waals surface area contributed by atoms with Crippen LogP contribution in [0.5, 0.6) is 5.75 Å².